The highest BCUT2D eigenvalue weighted by Crippen LogP contribution is 2.23. The number of benzene rings is 7. The Morgan fingerprint density at radius 1 is 0.459 bits per heavy atom. The van der Waals surface area contributed by atoms with Crippen molar-refractivity contribution in [1.29, 1.82) is 0 Å². The Kier molecular flexibility index (Phi) is 32.1. The van der Waals surface area contributed by atoms with E-state index in [1.807, 2.05) is 72.8 Å². The summed E-state index contributed by atoms with van der Waals surface area (Å²) >= 11 is 0. The van der Waals surface area contributed by atoms with Crippen molar-refractivity contribution < 1.29 is 68.1 Å². The van der Waals surface area contributed by atoms with Crippen LogP contribution >= 0.6 is 0 Å². The van der Waals surface area contributed by atoms with Gasteiger partial charge in [0.15, 0.2) is 5.96 Å². The number of guanidine groups is 1. The van der Waals surface area contributed by atoms with E-state index in [2.05, 4.69) is 58.2 Å². The van der Waals surface area contributed by atoms with Crippen molar-refractivity contribution in [2.75, 3.05) is 26.2 Å². The van der Waals surface area contributed by atoms with Gasteiger partial charge in [0, 0.05) is 58.7 Å². The van der Waals surface area contributed by atoms with Crippen LogP contribution in [0, 0.1) is 0 Å². The number of phenolic OH excluding ortho intramolecular Hbond substituents is 1. The molecule has 10 amide bonds. The molecule has 28 heteroatoms. The van der Waals surface area contributed by atoms with Crippen LogP contribution < -0.4 is 64.6 Å². The molecule has 17 N–H and O–H groups in total. The first-order valence-corrected chi connectivity index (χ1v) is 36.5. The van der Waals surface area contributed by atoms with Crippen LogP contribution in [0.15, 0.2) is 193 Å². The van der Waals surface area contributed by atoms with Crippen molar-refractivity contribution in [3.63, 3.8) is 0 Å². The Balaban J connectivity index is 1.03. The van der Waals surface area contributed by atoms with Gasteiger partial charge in [-0.15, -0.1) is 0 Å². The summed E-state index contributed by atoms with van der Waals surface area (Å²) in [6.07, 6.45) is 0.966. The summed E-state index contributed by atoms with van der Waals surface area (Å²) in [6.45, 7) is 2.75. The second-order valence-electron chi connectivity index (χ2n) is 27.1. The van der Waals surface area contributed by atoms with Crippen LogP contribution in [0.2, 0.25) is 0 Å². The highest BCUT2D eigenvalue weighted by Gasteiger charge is 2.40. The summed E-state index contributed by atoms with van der Waals surface area (Å²) < 4.78 is 0. The van der Waals surface area contributed by atoms with Crippen molar-refractivity contribution in [2.24, 2.45) is 16.5 Å². The molecule has 109 heavy (non-hydrogen) atoms. The monoisotopic (exact) mass is 1490 g/mol. The van der Waals surface area contributed by atoms with Crippen molar-refractivity contribution in [3.8, 4) is 5.75 Å². The van der Waals surface area contributed by atoms with Gasteiger partial charge in [0.2, 0.25) is 59.1 Å². The molecule has 1 aliphatic heterocycles. The molecule has 8 rings (SSSR count). The van der Waals surface area contributed by atoms with E-state index < -0.39 is 132 Å². The van der Waals surface area contributed by atoms with Crippen LogP contribution in [-0.4, -0.2) is 178 Å². The molecule has 0 radical (unpaired) electrons. The van der Waals surface area contributed by atoms with E-state index in [-0.39, 0.29) is 82.6 Å². The first-order chi connectivity index (χ1) is 52.5. The van der Waals surface area contributed by atoms with Gasteiger partial charge in [-0.1, -0.05) is 176 Å². The predicted molar refractivity (Wildman–Crippen MR) is 410 cm³/mol. The Labute approximate surface area is 632 Å². The number of aromatic hydroxyl groups is 1. The lowest BCUT2D eigenvalue weighted by atomic mass is 9.99. The van der Waals surface area contributed by atoms with Crippen molar-refractivity contribution in [3.05, 3.63) is 221 Å². The molecule has 0 spiro atoms. The van der Waals surface area contributed by atoms with Crippen LogP contribution in [0.25, 0.3) is 10.8 Å². The molecule has 0 bridgehead atoms. The fourth-order valence-electron chi connectivity index (χ4n) is 12.7. The molecule has 0 aromatic heterocycles. The molecule has 28 nitrogen and oxygen atoms in total. The Morgan fingerprint density at radius 2 is 0.862 bits per heavy atom. The van der Waals surface area contributed by atoms with Crippen LogP contribution in [-0.2, 0) is 91.4 Å². The van der Waals surface area contributed by atoms with Gasteiger partial charge in [0.25, 0.3) is 0 Å². The van der Waals surface area contributed by atoms with E-state index >= 15 is 14.4 Å². The summed E-state index contributed by atoms with van der Waals surface area (Å²) in [5, 5.41) is 60.5. The normalized spacial score (nSPS) is 14.9. The Morgan fingerprint density at radius 3 is 1.35 bits per heavy atom. The zero-order valence-electron chi connectivity index (χ0n) is 61.1. The predicted octanol–water partition coefficient (Wildman–Crippen LogP) is 2.54. The number of aliphatic hydroxyl groups excluding tert-OH is 1. The topological polar surface area (TPSA) is 436 Å². The summed E-state index contributed by atoms with van der Waals surface area (Å²) in [6, 6.07) is 40.7. The fourth-order valence-corrected chi connectivity index (χ4v) is 12.7. The molecule has 10 atom stereocenters. The van der Waals surface area contributed by atoms with Gasteiger partial charge in [-0.3, -0.25) is 57.7 Å². The number of unbranched alkanes of at least 4 members (excludes halogenated alkanes) is 1. The minimum atomic E-state index is -1.82. The van der Waals surface area contributed by atoms with Crippen molar-refractivity contribution in [2.45, 2.75) is 158 Å². The molecular weight excluding hydrogens is 1390 g/mol. The number of carbonyl (C=O) groups excluding carboxylic acids is 10. The van der Waals surface area contributed by atoms with E-state index in [4.69, 9.17) is 11.5 Å². The maximum absolute atomic E-state index is 15.1. The highest BCUT2D eigenvalue weighted by molar-refractivity contribution is 5.99. The van der Waals surface area contributed by atoms with Gasteiger partial charge in [-0.2, -0.15) is 0 Å². The number of carboxylic acids is 1. The summed E-state index contributed by atoms with van der Waals surface area (Å²) in [4.78, 5) is 162. The molecule has 1 saturated heterocycles. The van der Waals surface area contributed by atoms with Crippen LogP contribution in [0.5, 0.6) is 5.75 Å². The van der Waals surface area contributed by atoms with E-state index in [0.717, 1.165) is 21.9 Å². The number of amides is 10. The molecule has 576 valence electrons. The zero-order valence-corrected chi connectivity index (χ0v) is 61.1. The van der Waals surface area contributed by atoms with E-state index in [1.165, 1.54) is 43.0 Å². The number of carboxylic acid groups (broad SMARTS) is 1. The van der Waals surface area contributed by atoms with Gasteiger partial charge < -0.3 is 84.9 Å². The summed E-state index contributed by atoms with van der Waals surface area (Å²) in [7, 11) is 0. The minimum absolute atomic E-state index is 0.0301. The van der Waals surface area contributed by atoms with Gasteiger partial charge in [-0.05, 0) is 115 Å². The number of carbonyl (C=O) groups is 11. The number of fused-ring (bicyclic) bond motifs is 1. The number of aliphatic imine (C=N–C) groups is 1. The Bertz CT molecular complexity index is 4230. The molecule has 1 aliphatic rings. The third-order valence-corrected chi connectivity index (χ3v) is 18.5. The standard InChI is InChI=1S/C81H98N14O14/c1-51(80(108)109)86-78(106)70-33-20-42-95(70)79(107)63(31-17-18-40-84-49-57-27-13-6-14-28-57)89-74(102)65(44-53-21-7-3-8-22-53)90-71(99)62(32-19-41-85-81(82)83)88-73(101)68(47-56-35-38-61(98)39-36-56)93-77(105)69(50-96)94-76(104)67(46-55-25-11-5-12-26-55)92-75(103)66(45-54-23-9-4-10-24-54)91-72(100)64(87-52(2)97)48-58-34-37-59-29-15-16-30-60(59)43-58/h3-16,21-30,34-39,43,51,62-70,84,96,98H,17-20,31-33,40-42,44-50H2,1-2H3,(H,86,106)(H,87,97)(H,88,101)(H,89,102)(H,90,99)(H,91,100)(H,92,103)(H,93,105)(H,94,104)(H,108,109)(H4,82,83,85)/t51-,62-,63+,64-,65+,66-,67-,68+,69+,70-/m1/s1. The average Bonchev–Trinajstić information content (AvgIpc) is 0.890. The average molecular weight is 1490 g/mol. The molecule has 0 unspecified atom stereocenters. The number of hydrogen-bond acceptors (Lipinski definition) is 15. The summed E-state index contributed by atoms with van der Waals surface area (Å²) in [5.41, 5.74) is 15.3. The largest absolute Gasteiger partial charge is 0.508 e. The second-order valence-corrected chi connectivity index (χ2v) is 27.1. The molecule has 0 aliphatic carbocycles. The fraction of sp³-hybridized carbons (Fsp3) is 0.358. The molecule has 0 saturated carbocycles. The number of phenols is 1. The van der Waals surface area contributed by atoms with E-state index in [9.17, 15) is 53.7 Å². The third kappa shape index (κ3) is 26.8. The first kappa shape index (κ1) is 82.6. The molecule has 7 aromatic carbocycles. The quantitative estimate of drug-likeness (QED) is 0.0149. The maximum Gasteiger partial charge on any atom is 0.325 e. The number of aliphatic carboxylic acids is 1. The molecule has 1 fully saturated rings. The molecule has 7 aromatic rings. The van der Waals surface area contributed by atoms with Crippen LogP contribution in [0.4, 0.5) is 0 Å². The van der Waals surface area contributed by atoms with Gasteiger partial charge in [-0.25, -0.2) is 0 Å². The van der Waals surface area contributed by atoms with E-state index in [1.54, 1.807) is 91.0 Å². The molecule has 1 heterocycles. The van der Waals surface area contributed by atoms with Crippen LogP contribution in [0.1, 0.15) is 92.2 Å². The third-order valence-electron chi connectivity index (χ3n) is 18.5. The van der Waals surface area contributed by atoms with Gasteiger partial charge >= 0.3 is 5.97 Å². The van der Waals surface area contributed by atoms with Crippen LogP contribution in [0.3, 0.4) is 0 Å². The number of hydrogen-bond donors (Lipinski definition) is 15. The van der Waals surface area contributed by atoms with Gasteiger partial charge in [0.1, 0.15) is 66.2 Å². The van der Waals surface area contributed by atoms with E-state index in [0.29, 0.717) is 54.6 Å². The number of likely N-dealkylation sites (tertiary alicyclic amines) is 1. The lowest BCUT2D eigenvalue weighted by Gasteiger charge is -2.31. The number of nitrogens with zero attached hydrogens (tertiary/aromatic N) is 2. The SMILES string of the molecule is CC(=O)N[C@H](Cc1ccc2ccccc2c1)C(=O)N[C@H](Cc1ccccc1)C(=O)N[C@H](Cc1ccccc1)C(=O)N[C@@H](CO)C(=O)N[C@@H](Cc1ccc(O)cc1)C(=O)N[C@H](CCCN=C(N)N)C(=O)N[C@@H](Cc1ccccc1)C(=O)N[C@@H](CCCCNCc1ccccc1)C(=O)N1CCC[C@@H]1C(=O)N[C@H](C)C(=O)O. The highest BCUT2D eigenvalue weighted by atomic mass is 16.4. The second kappa shape index (κ2) is 42.3. The zero-order chi connectivity index (χ0) is 78.2. The smallest absolute Gasteiger partial charge is 0.325 e. The maximum atomic E-state index is 15.1. The summed E-state index contributed by atoms with van der Waals surface area (Å²) in [5.74, 6) is -9.69. The number of nitrogens with two attached hydrogens (primary N) is 2. The number of nitrogens with one attached hydrogen (secondary N) is 10. The van der Waals surface area contributed by atoms with Gasteiger partial charge in [0.05, 0.1) is 6.61 Å². The molecular formula is C81H98N14O14. The Hall–Kier alpha value is -12.0. The lowest BCUT2D eigenvalue weighted by molar-refractivity contribution is -0.144. The number of rotatable bonds is 41. The van der Waals surface area contributed by atoms with Crippen molar-refractivity contribution >= 4 is 81.8 Å². The number of aliphatic hydroxyl groups is 1. The minimum Gasteiger partial charge on any atom is -0.508 e. The lowest BCUT2D eigenvalue weighted by Crippen LogP contribution is -2.61. The van der Waals surface area contributed by atoms with Crippen molar-refractivity contribution in [1.82, 2.24) is 58.1 Å². The first-order valence-electron chi connectivity index (χ1n) is 36.5.